The van der Waals surface area contributed by atoms with Gasteiger partial charge in [0.1, 0.15) is 0 Å². The molecule has 2 aromatic rings. The number of imidazole rings is 2. The molecule has 2 rings (SSSR count). The van der Waals surface area contributed by atoms with Crippen molar-refractivity contribution in [2.75, 3.05) is 0 Å². The highest BCUT2D eigenvalue weighted by atomic mass is 19.4. The lowest BCUT2D eigenvalue weighted by Gasteiger charge is -1.98. The quantitative estimate of drug-likeness (QED) is 0.354. The Bertz CT molecular complexity index is 835. The van der Waals surface area contributed by atoms with E-state index in [0.717, 1.165) is 17.3 Å². The zero-order chi connectivity index (χ0) is 20.1. The molecule has 0 unspecified atom stereocenters. The number of H-pyrrole nitrogens is 2. The van der Waals surface area contributed by atoms with Gasteiger partial charge in [0.05, 0.1) is 0 Å². The van der Waals surface area contributed by atoms with Crippen molar-refractivity contribution in [3.05, 3.63) is 23.5 Å². The highest BCUT2D eigenvalue weighted by Gasteiger charge is 2.37. The number of carbonyl (C=O) groups excluding carboxylic acids is 1. The predicted molar refractivity (Wildman–Crippen MR) is 61.1 cm³/mol. The first kappa shape index (κ1) is 20.6. The minimum Gasteiger partial charge on any atom is -0.363 e. The van der Waals surface area contributed by atoms with Gasteiger partial charge in [-0.1, -0.05) is 0 Å². The topological polar surface area (TPSA) is 120 Å². The number of aromatic nitrogens is 4. The van der Waals surface area contributed by atoms with E-state index in [4.69, 9.17) is 5.26 Å². The summed E-state index contributed by atoms with van der Waals surface area (Å²) in [4.78, 5) is 20.6. The summed E-state index contributed by atoms with van der Waals surface area (Å²) in [6.07, 6.45) is -7.49. The van der Waals surface area contributed by atoms with Gasteiger partial charge >= 0.3 is 12.4 Å². The third-order valence-electron chi connectivity index (χ3n) is 2.11. The molecule has 2 heterocycles. The van der Waals surface area contributed by atoms with Crippen molar-refractivity contribution in [1.29, 1.82) is 5.26 Å². The van der Waals surface area contributed by atoms with Crippen molar-refractivity contribution < 1.29 is 44.7 Å². The van der Waals surface area contributed by atoms with E-state index < -0.39 is 47.6 Å². The molecule has 16 heteroatoms. The Morgan fingerprint density at radius 3 is 1.88 bits per heavy atom. The van der Waals surface area contributed by atoms with Crippen LogP contribution >= 0.6 is 0 Å². The first-order valence-corrected chi connectivity index (χ1v) is 5.69. The Balaban J connectivity index is 0.000000273. The van der Waals surface area contributed by atoms with Crippen LogP contribution < -0.4 is 4.74 Å². The number of hydrogen-bond acceptors (Lipinski definition) is 6. The standard InChI is InChI=1S/C6HF3N4O2.C4HF5N2/c7-6(8,9)5-12-3(11-2-14)4(13-5)15-1-10;5-1-2(6)11-3(10-1)4(7,8)9/h(H,12,13);(H,10,11). The second-order valence-electron chi connectivity index (χ2n) is 3.82. The van der Waals surface area contributed by atoms with E-state index in [-0.39, 0.29) is 0 Å². The van der Waals surface area contributed by atoms with Crippen LogP contribution in [0.2, 0.25) is 0 Å². The Labute approximate surface area is 136 Å². The Kier molecular flexibility index (Phi) is 6.02. The number of rotatable bonds is 2. The van der Waals surface area contributed by atoms with Crippen molar-refractivity contribution in [3.8, 4) is 12.1 Å². The van der Waals surface area contributed by atoms with Crippen LogP contribution in [0.1, 0.15) is 11.6 Å². The maximum absolute atomic E-state index is 12.1. The number of hydrogen-bond donors (Lipinski definition) is 2. The molecule has 0 atom stereocenters. The van der Waals surface area contributed by atoms with Gasteiger partial charge in [-0.05, 0) is 0 Å². The van der Waals surface area contributed by atoms with E-state index in [2.05, 4.69) is 19.7 Å². The van der Waals surface area contributed by atoms with Gasteiger partial charge in [0.2, 0.25) is 29.5 Å². The summed E-state index contributed by atoms with van der Waals surface area (Å²) < 4.78 is 98.7. The van der Waals surface area contributed by atoms with Crippen molar-refractivity contribution >= 4 is 11.9 Å². The molecule has 26 heavy (non-hydrogen) atoms. The second-order valence-corrected chi connectivity index (χ2v) is 3.82. The normalized spacial score (nSPS) is 11.0. The molecule has 0 spiro atoms. The SMILES string of the molecule is Fc1nc(C(F)(F)F)[nH]c1F.N#COc1nc(C(F)(F)F)[nH]c1N=C=O. The molecular weight excluding hydrogens is 388 g/mol. The van der Waals surface area contributed by atoms with Crippen LogP contribution in [0.15, 0.2) is 4.99 Å². The molecule has 0 fully saturated rings. The van der Waals surface area contributed by atoms with E-state index in [1.165, 1.54) is 0 Å². The summed E-state index contributed by atoms with van der Waals surface area (Å²) in [5, 5.41) is 8.08. The van der Waals surface area contributed by atoms with E-state index in [0.29, 0.717) is 0 Å². The lowest BCUT2D eigenvalue weighted by Crippen LogP contribution is -2.07. The first-order chi connectivity index (χ1) is 11.9. The molecule has 0 aromatic carbocycles. The summed E-state index contributed by atoms with van der Waals surface area (Å²) in [5.41, 5.74) is 0. The zero-order valence-electron chi connectivity index (χ0n) is 11.6. The van der Waals surface area contributed by atoms with Crippen molar-refractivity contribution in [2.45, 2.75) is 12.4 Å². The maximum Gasteiger partial charge on any atom is 0.449 e. The number of ether oxygens (including phenoxy) is 1. The molecule has 2 N–H and O–H groups in total. The molecule has 2 aromatic heterocycles. The Morgan fingerprint density at radius 2 is 1.54 bits per heavy atom. The number of nitriles is 1. The fourth-order valence-electron chi connectivity index (χ4n) is 1.18. The van der Waals surface area contributed by atoms with Crippen LogP contribution in [-0.2, 0) is 17.1 Å². The Hall–Kier alpha value is -3.47. The highest BCUT2D eigenvalue weighted by Crippen LogP contribution is 2.33. The summed E-state index contributed by atoms with van der Waals surface area (Å²) in [6, 6.07) is 0. The van der Waals surface area contributed by atoms with E-state index >= 15 is 0 Å². The van der Waals surface area contributed by atoms with E-state index in [1.807, 2.05) is 0 Å². The second kappa shape index (κ2) is 7.61. The first-order valence-electron chi connectivity index (χ1n) is 5.69. The van der Waals surface area contributed by atoms with E-state index in [1.54, 1.807) is 4.98 Å². The highest BCUT2D eigenvalue weighted by molar-refractivity contribution is 5.51. The monoisotopic (exact) mass is 390 g/mol. The van der Waals surface area contributed by atoms with Crippen LogP contribution in [0.3, 0.4) is 0 Å². The molecule has 0 radical (unpaired) electrons. The molecule has 140 valence electrons. The zero-order valence-corrected chi connectivity index (χ0v) is 11.6. The van der Waals surface area contributed by atoms with Gasteiger partial charge in [-0.25, -0.2) is 4.79 Å². The number of alkyl halides is 6. The summed E-state index contributed by atoms with van der Waals surface area (Å²) in [7, 11) is 0. The number of nitrogens with one attached hydrogen (secondary N) is 2. The number of nitrogens with zero attached hydrogens (tertiary/aromatic N) is 4. The van der Waals surface area contributed by atoms with Gasteiger partial charge in [0.15, 0.2) is 0 Å². The fraction of sp³-hybridized carbons (Fsp3) is 0.200. The van der Waals surface area contributed by atoms with Crippen LogP contribution in [-0.4, -0.2) is 26.0 Å². The van der Waals surface area contributed by atoms with Gasteiger partial charge < -0.3 is 14.7 Å². The molecule has 0 bridgehead atoms. The van der Waals surface area contributed by atoms with E-state index in [9.17, 15) is 39.9 Å². The van der Waals surface area contributed by atoms with Crippen LogP contribution in [0.25, 0.3) is 0 Å². The summed E-state index contributed by atoms with van der Waals surface area (Å²) >= 11 is 0. The van der Waals surface area contributed by atoms with Crippen molar-refractivity contribution in [1.82, 2.24) is 19.9 Å². The summed E-state index contributed by atoms with van der Waals surface area (Å²) in [6.45, 7) is 0. The molecule has 0 aliphatic heterocycles. The van der Waals surface area contributed by atoms with Crippen molar-refractivity contribution in [3.63, 3.8) is 0 Å². The number of halogens is 8. The maximum atomic E-state index is 12.1. The smallest absolute Gasteiger partial charge is 0.363 e. The molecule has 0 saturated carbocycles. The van der Waals surface area contributed by atoms with Gasteiger partial charge in [0.25, 0.3) is 18.1 Å². The average Bonchev–Trinajstić information content (AvgIpc) is 3.05. The van der Waals surface area contributed by atoms with Crippen LogP contribution in [0.5, 0.6) is 5.88 Å². The number of aliphatic imine (C=N–C) groups is 1. The van der Waals surface area contributed by atoms with Gasteiger partial charge in [-0.15, -0.1) is 10.3 Å². The fourth-order valence-corrected chi connectivity index (χ4v) is 1.18. The van der Waals surface area contributed by atoms with Gasteiger partial charge in [-0.2, -0.15) is 45.1 Å². The van der Waals surface area contributed by atoms with Crippen molar-refractivity contribution in [2.24, 2.45) is 4.99 Å². The molecule has 0 saturated heterocycles. The Morgan fingerprint density at radius 1 is 1.00 bits per heavy atom. The minimum absolute atomic E-state index is 0.612. The number of isocyanates is 1. The third-order valence-corrected chi connectivity index (χ3v) is 2.11. The third kappa shape index (κ3) is 5.27. The summed E-state index contributed by atoms with van der Waals surface area (Å²) in [5.74, 6) is -7.92. The lowest BCUT2D eigenvalue weighted by molar-refractivity contribution is -0.145. The van der Waals surface area contributed by atoms with Gasteiger partial charge in [-0.3, -0.25) is 0 Å². The number of aromatic amines is 2. The van der Waals surface area contributed by atoms with Crippen LogP contribution in [0.4, 0.5) is 40.9 Å². The lowest BCUT2D eigenvalue weighted by atomic mass is 10.6. The molecule has 0 aliphatic carbocycles. The largest absolute Gasteiger partial charge is 0.449 e. The van der Waals surface area contributed by atoms with Crippen LogP contribution in [0, 0.1) is 23.4 Å². The predicted octanol–water partition coefficient (Wildman–Crippen LogP) is 2.96. The molecule has 0 aliphatic rings. The molecule has 0 amide bonds. The molecular formula is C10H2F8N6O2. The van der Waals surface area contributed by atoms with Gasteiger partial charge in [0, 0.05) is 0 Å². The average molecular weight is 390 g/mol. The minimum atomic E-state index is -4.84. The molecule has 8 nitrogen and oxygen atoms in total.